The molecule has 0 aromatic heterocycles. The molecule has 30 heavy (non-hydrogen) atoms. The van der Waals surface area contributed by atoms with Crippen LogP contribution in [-0.4, -0.2) is 10.2 Å². The van der Waals surface area contributed by atoms with Gasteiger partial charge in [0.15, 0.2) is 4.32 Å². The van der Waals surface area contributed by atoms with E-state index in [1.165, 1.54) is 16.7 Å². The van der Waals surface area contributed by atoms with Crippen LogP contribution in [0, 0.1) is 0 Å². The van der Waals surface area contributed by atoms with E-state index in [0.717, 1.165) is 11.1 Å². The number of hydrogen-bond donors (Lipinski definition) is 0. The summed E-state index contributed by atoms with van der Waals surface area (Å²) >= 11 is 18.7. The van der Waals surface area contributed by atoms with Gasteiger partial charge in [-0.05, 0) is 59.7 Å². The summed E-state index contributed by atoms with van der Waals surface area (Å²) in [6.07, 6.45) is 1.82. The molecule has 1 saturated heterocycles. The lowest BCUT2D eigenvalue weighted by Gasteiger charge is -2.14. The van der Waals surface area contributed by atoms with Gasteiger partial charge in [0.2, 0.25) is 0 Å². The highest BCUT2D eigenvalue weighted by atomic mass is 35.5. The van der Waals surface area contributed by atoms with E-state index in [2.05, 4.69) is 0 Å². The van der Waals surface area contributed by atoms with E-state index in [0.29, 0.717) is 37.3 Å². The molecule has 3 aromatic carbocycles. The third kappa shape index (κ3) is 4.87. The Hall–Kier alpha value is -2.31. The molecule has 0 unspecified atom stereocenters. The fourth-order valence-corrected chi connectivity index (χ4v) is 4.51. The molecular weight excluding hydrogens is 457 g/mol. The number of anilines is 1. The Labute approximate surface area is 194 Å². The van der Waals surface area contributed by atoms with E-state index in [-0.39, 0.29) is 5.91 Å². The number of nitrogens with zero attached hydrogens (tertiary/aromatic N) is 1. The number of thiocarbonyl (C=S) groups is 1. The first-order chi connectivity index (χ1) is 14.5. The predicted octanol–water partition coefficient (Wildman–Crippen LogP) is 6.98. The minimum Gasteiger partial charge on any atom is -0.489 e. The lowest BCUT2D eigenvalue weighted by atomic mass is 10.2. The van der Waals surface area contributed by atoms with Crippen LogP contribution in [0.2, 0.25) is 10.0 Å². The maximum absolute atomic E-state index is 12.9. The molecule has 0 spiro atoms. The fraction of sp³-hybridized carbons (Fsp3) is 0.0435. The first kappa shape index (κ1) is 20.9. The zero-order valence-corrected chi connectivity index (χ0v) is 18.7. The summed E-state index contributed by atoms with van der Waals surface area (Å²) in [6, 6.07) is 22.2. The standard InChI is InChI=1S/C23H15Cl2NO2S2/c24-17-9-7-15(8-10-17)14-28-20-6-1-3-16(11-20)12-21-22(27)26(23(29)30-21)19-5-2-4-18(25)13-19/h1-13H,14H2/b21-12+. The van der Waals surface area contributed by atoms with E-state index in [1.807, 2.05) is 60.7 Å². The summed E-state index contributed by atoms with van der Waals surface area (Å²) in [5.41, 5.74) is 2.54. The molecule has 7 heteroatoms. The molecule has 1 fully saturated rings. The SMILES string of the molecule is O=C1/C(=C\c2cccc(OCc3ccc(Cl)cc3)c2)SC(=S)N1c1cccc(Cl)c1. The highest BCUT2D eigenvalue weighted by molar-refractivity contribution is 8.27. The van der Waals surface area contributed by atoms with Gasteiger partial charge in [0.1, 0.15) is 12.4 Å². The Balaban J connectivity index is 1.50. The average Bonchev–Trinajstić information content (AvgIpc) is 3.01. The first-order valence-electron chi connectivity index (χ1n) is 9.00. The van der Waals surface area contributed by atoms with Crippen LogP contribution in [0.3, 0.4) is 0 Å². The fourth-order valence-electron chi connectivity index (χ4n) is 2.90. The van der Waals surface area contributed by atoms with Crippen LogP contribution >= 0.6 is 47.2 Å². The van der Waals surface area contributed by atoms with Crippen LogP contribution in [0.4, 0.5) is 5.69 Å². The second kappa shape index (κ2) is 9.23. The van der Waals surface area contributed by atoms with Gasteiger partial charge in [0, 0.05) is 10.0 Å². The number of benzene rings is 3. The molecule has 0 bridgehead atoms. The molecule has 3 aromatic rings. The largest absolute Gasteiger partial charge is 0.489 e. The van der Waals surface area contributed by atoms with Crippen LogP contribution in [0.25, 0.3) is 6.08 Å². The molecule has 0 aliphatic carbocycles. The van der Waals surface area contributed by atoms with Gasteiger partial charge >= 0.3 is 0 Å². The van der Waals surface area contributed by atoms with Crippen molar-refractivity contribution in [2.24, 2.45) is 0 Å². The summed E-state index contributed by atoms with van der Waals surface area (Å²) < 4.78 is 6.35. The summed E-state index contributed by atoms with van der Waals surface area (Å²) in [5, 5.41) is 1.24. The Morgan fingerprint density at radius 1 is 0.967 bits per heavy atom. The molecule has 150 valence electrons. The average molecular weight is 472 g/mol. The third-order valence-electron chi connectivity index (χ3n) is 4.33. The van der Waals surface area contributed by atoms with Gasteiger partial charge in [-0.2, -0.15) is 0 Å². The minimum absolute atomic E-state index is 0.167. The van der Waals surface area contributed by atoms with Crippen molar-refractivity contribution in [2.45, 2.75) is 6.61 Å². The number of rotatable bonds is 5. The number of ether oxygens (including phenoxy) is 1. The van der Waals surface area contributed by atoms with Gasteiger partial charge in [-0.3, -0.25) is 9.69 Å². The van der Waals surface area contributed by atoms with E-state index < -0.39 is 0 Å². The van der Waals surface area contributed by atoms with Crippen molar-refractivity contribution in [2.75, 3.05) is 4.90 Å². The lowest BCUT2D eigenvalue weighted by Crippen LogP contribution is -2.27. The molecule has 1 amide bonds. The van der Waals surface area contributed by atoms with Crippen molar-refractivity contribution in [3.63, 3.8) is 0 Å². The normalized spacial score (nSPS) is 15.1. The molecular formula is C23H15Cl2NO2S2. The third-order valence-corrected chi connectivity index (χ3v) is 6.12. The Morgan fingerprint density at radius 2 is 1.73 bits per heavy atom. The zero-order chi connectivity index (χ0) is 21.1. The highest BCUT2D eigenvalue weighted by Gasteiger charge is 2.33. The molecule has 0 saturated carbocycles. The van der Waals surface area contributed by atoms with E-state index in [4.69, 9.17) is 40.2 Å². The minimum atomic E-state index is -0.167. The maximum Gasteiger partial charge on any atom is 0.270 e. The van der Waals surface area contributed by atoms with Crippen LogP contribution < -0.4 is 9.64 Å². The van der Waals surface area contributed by atoms with Gasteiger partial charge < -0.3 is 4.74 Å². The van der Waals surface area contributed by atoms with E-state index >= 15 is 0 Å². The smallest absolute Gasteiger partial charge is 0.270 e. The molecule has 1 aliphatic rings. The molecule has 1 heterocycles. The Morgan fingerprint density at radius 3 is 2.50 bits per heavy atom. The molecule has 0 N–H and O–H groups in total. The predicted molar refractivity (Wildman–Crippen MR) is 129 cm³/mol. The number of carbonyl (C=O) groups excluding carboxylic acids is 1. The molecule has 0 atom stereocenters. The maximum atomic E-state index is 12.9. The van der Waals surface area contributed by atoms with Gasteiger partial charge in [-0.15, -0.1) is 0 Å². The van der Waals surface area contributed by atoms with Crippen molar-refractivity contribution < 1.29 is 9.53 Å². The second-order valence-electron chi connectivity index (χ2n) is 6.48. The van der Waals surface area contributed by atoms with Gasteiger partial charge in [0.25, 0.3) is 5.91 Å². The zero-order valence-electron chi connectivity index (χ0n) is 15.5. The monoisotopic (exact) mass is 471 g/mol. The van der Waals surface area contributed by atoms with Crippen molar-refractivity contribution in [3.8, 4) is 5.75 Å². The van der Waals surface area contributed by atoms with E-state index in [9.17, 15) is 4.79 Å². The van der Waals surface area contributed by atoms with Crippen molar-refractivity contribution >= 4 is 69.2 Å². The summed E-state index contributed by atoms with van der Waals surface area (Å²) in [5.74, 6) is 0.545. The second-order valence-corrected chi connectivity index (χ2v) is 9.03. The number of halogens is 2. The van der Waals surface area contributed by atoms with Gasteiger partial charge in [-0.1, -0.05) is 77.5 Å². The number of hydrogen-bond acceptors (Lipinski definition) is 4. The number of amides is 1. The van der Waals surface area contributed by atoms with Crippen LogP contribution in [-0.2, 0) is 11.4 Å². The van der Waals surface area contributed by atoms with Crippen molar-refractivity contribution in [3.05, 3.63) is 98.9 Å². The first-order valence-corrected chi connectivity index (χ1v) is 11.0. The van der Waals surface area contributed by atoms with Crippen molar-refractivity contribution in [1.82, 2.24) is 0 Å². The molecule has 1 aliphatic heterocycles. The molecule has 0 radical (unpaired) electrons. The molecule has 3 nitrogen and oxygen atoms in total. The highest BCUT2D eigenvalue weighted by Crippen LogP contribution is 2.37. The number of thioether (sulfide) groups is 1. The molecule has 4 rings (SSSR count). The Kier molecular flexibility index (Phi) is 6.44. The quantitative estimate of drug-likeness (QED) is 0.296. The van der Waals surface area contributed by atoms with Crippen molar-refractivity contribution in [1.29, 1.82) is 0 Å². The van der Waals surface area contributed by atoms with E-state index in [1.54, 1.807) is 18.2 Å². The summed E-state index contributed by atoms with van der Waals surface area (Å²) in [6.45, 7) is 0.428. The van der Waals surface area contributed by atoms with Crippen LogP contribution in [0.1, 0.15) is 11.1 Å². The summed E-state index contributed by atoms with van der Waals surface area (Å²) in [7, 11) is 0. The summed E-state index contributed by atoms with van der Waals surface area (Å²) in [4.78, 5) is 15.0. The van der Waals surface area contributed by atoms with Crippen LogP contribution in [0.5, 0.6) is 5.75 Å². The Bertz CT molecular complexity index is 1150. The van der Waals surface area contributed by atoms with Gasteiger partial charge in [-0.25, -0.2) is 0 Å². The van der Waals surface area contributed by atoms with Crippen LogP contribution in [0.15, 0.2) is 77.7 Å². The topological polar surface area (TPSA) is 29.5 Å². The lowest BCUT2D eigenvalue weighted by molar-refractivity contribution is -0.113. The number of carbonyl (C=O) groups is 1. The van der Waals surface area contributed by atoms with Gasteiger partial charge in [0.05, 0.1) is 10.6 Å².